The summed E-state index contributed by atoms with van der Waals surface area (Å²) in [5.74, 6) is 0.974. The van der Waals surface area contributed by atoms with Gasteiger partial charge in [-0.1, -0.05) is 30.3 Å². The van der Waals surface area contributed by atoms with Crippen molar-refractivity contribution < 1.29 is 4.74 Å². The number of fused-ring (bicyclic) bond motifs is 1. The Bertz CT molecular complexity index is 612. The number of hydrogen-bond acceptors (Lipinski definition) is 3. The van der Waals surface area contributed by atoms with Gasteiger partial charge < -0.3 is 15.0 Å². The minimum absolute atomic E-state index is 0.317. The third-order valence-corrected chi connectivity index (χ3v) is 4.07. The minimum Gasteiger partial charge on any atom is -0.491 e. The van der Waals surface area contributed by atoms with Gasteiger partial charge in [0.05, 0.1) is 12.3 Å². The molecule has 0 aromatic heterocycles. The summed E-state index contributed by atoms with van der Waals surface area (Å²) >= 11 is 0. The van der Waals surface area contributed by atoms with E-state index in [1.54, 1.807) is 0 Å². The van der Waals surface area contributed by atoms with E-state index in [-0.39, 0.29) is 0 Å². The predicted molar refractivity (Wildman–Crippen MR) is 87.5 cm³/mol. The van der Waals surface area contributed by atoms with Crippen molar-refractivity contribution in [2.75, 3.05) is 25.1 Å². The molecular weight excluding hydrogens is 260 g/mol. The molecule has 1 N–H and O–H groups in total. The summed E-state index contributed by atoms with van der Waals surface area (Å²) in [6, 6.07) is 17.2. The summed E-state index contributed by atoms with van der Waals surface area (Å²) in [5, 5.41) is 3.34. The van der Waals surface area contributed by atoms with Gasteiger partial charge in [0, 0.05) is 18.3 Å². The first-order valence-electron chi connectivity index (χ1n) is 7.57. The Morgan fingerprint density at radius 1 is 1.05 bits per heavy atom. The Kier molecular flexibility index (Phi) is 4.11. The lowest BCUT2D eigenvalue weighted by atomic mass is 10.0. The third-order valence-electron chi connectivity index (χ3n) is 4.07. The summed E-state index contributed by atoms with van der Waals surface area (Å²) in [4.78, 5) is 2.38. The van der Waals surface area contributed by atoms with Crippen LogP contribution in [0, 0.1) is 0 Å². The second-order valence-corrected chi connectivity index (χ2v) is 5.39. The zero-order chi connectivity index (χ0) is 14.7. The van der Waals surface area contributed by atoms with Crippen LogP contribution in [0.1, 0.15) is 24.9 Å². The molecule has 0 amide bonds. The summed E-state index contributed by atoms with van der Waals surface area (Å²) < 4.78 is 5.87. The number of para-hydroxylation sites is 3. The molecule has 2 aromatic rings. The first-order chi connectivity index (χ1) is 10.3. The lowest BCUT2D eigenvalue weighted by molar-refractivity contribution is 0.322. The van der Waals surface area contributed by atoms with Crippen molar-refractivity contribution in [3.05, 3.63) is 54.1 Å². The van der Waals surface area contributed by atoms with E-state index in [9.17, 15) is 0 Å². The largest absolute Gasteiger partial charge is 0.491 e. The number of rotatable bonds is 3. The molecule has 1 unspecified atom stereocenters. The van der Waals surface area contributed by atoms with Crippen molar-refractivity contribution in [1.82, 2.24) is 5.32 Å². The summed E-state index contributed by atoms with van der Waals surface area (Å²) in [6.45, 7) is 3.95. The normalized spacial score (nSPS) is 15.8. The van der Waals surface area contributed by atoms with Crippen molar-refractivity contribution in [1.29, 1.82) is 0 Å². The summed E-state index contributed by atoms with van der Waals surface area (Å²) in [7, 11) is 2.00. The Morgan fingerprint density at radius 2 is 1.76 bits per heavy atom. The Morgan fingerprint density at radius 3 is 2.57 bits per heavy atom. The van der Waals surface area contributed by atoms with Crippen LogP contribution in [0.15, 0.2) is 48.5 Å². The first-order valence-corrected chi connectivity index (χ1v) is 7.57. The van der Waals surface area contributed by atoms with Crippen LogP contribution in [0.5, 0.6) is 5.75 Å². The molecule has 2 aromatic carbocycles. The zero-order valence-corrected chi connectivity index (χ0v) is 12.7. The number of benzene rings is 2. The second kappa shape index (κ2) is 6.19. The maximum Gasteiger partial charge on any atom is 0.142 e. The van der Waals surface area contributed by atoms with Crippen molar-refractivity contribution in [2.45, 2.75) is 19.4 Å². The van der Waals surface area contributed by atoms with E-state index >= 15 is 0 Å². The highest BCUT2D eigenvalue weighted by Crippen LogP contribution is 2.38. The molecule has 0 aliphatic carbocycles. The van der Waals surface area contributed by atoms with Crippen LogP contribution in [-0.2, 0) is 0 Å². The van der Waals surface area contributed by atoms with E-state index in [4.69, 9.17) is 4.74 Å². The molecule has 0 fully saturated rings. The fourth-order valence-corrected chi connectivity index (χ4v) is 2.83. The molecule has 1 aliphatic heterocycles. The highest BCUT2D eigenvalue weighted by Gasteiger charge is 2.20. The summed E-state index contributed by atoms with van der Waals surface area (Å²) in [6.07, 6.45) is 1.02. The van der Waals surface area contributed by atoms with E-state index in [0.29, 0.717) is 6.04 Å². The molecule has 1 aliphatic rings. The van der Waals surface area contributed by atoms with Crippen LogP contribution in [0.25, 0.3) is 0 Å². The SMILES string of the molecule is CNC(C)c1ccccc1N1CCCOc2ccccc21. The number of nitrogens with one attached hydrogen (secondary N) is 1. The van der Waals surface area contributed by atoms with Crippen LogP contribution in [0.2, 0.25) is 0 Å². The van der Waals surface area contributed by atoms with Gasteiger partial charge in [-0.25, -0.2) is 0 Å². The maximum atomic E-state index is 5.87. The lowest BCUT2D eigenvalue weighted by Gasteiger charge is -2.28. The van der Waals surface area contributed by atoms with Gasteiger partial charge in [-0.05, 0) is 44.2 Å². The number of anilines is 2. The maximum absolute atomic E-state index is 5.87. The molecule has 3 heteroatoms. The van der Waals surface area contributed by atoms with E-state index in [1.165, 1.54) is 11.3 Å². The third kappa shape index (κ3) is 2.74. The molecular formula is C18H22N2O. The average molecular weight is 282 g/mol. The van der Waals surface area contributed by atoms with Gasteiger partial charge in [0.1, 0.15) is 5.75 Å². The first kappa shape index (κ1) is 14.0. The highest BCUT2D eigenvalue weighted by molar-refractivity contribution is 5.72. The van der Waals surface area contributed by atoms with Crippen molar-refractivity contribution >= 4 is 11.4 Å². The molecule has 0 spiro atoms. The second-order valence-electron chi connectivity index (χ2n) is 5.39. The van der Waals surface area contributed by atoms with Gasteiger partial charge in [-0.15, -0.1) is 0 Å². The molecule has 21 heavy (non-hydrogen) atoms. The van der Waals surface area contributed by atoms with E-state index < -0.39 is 0 Å². The van der Waals surface area contributed by atoms with Crippen molar-refractivity contribution in [3.8, 4) is 5.75 Å². The van der Waals surface area contributed by atoms with Crippen LogP contribution in [0.3, 0.4) is 0 Å². The predicted octanol–water partition coefficient (Wildman–Crippen LogP) is 3.89. The fourth-order valence-electron chi connectivity index (χ4n) is 2.83. The van der Waals surface area contributed by atoms with E-state index in [0.717, 1.165) is 31.0 Å². The zero-order valence-electron chi connectivity index (χ0n) is 12.7. The fraction of sp³-hybridized carbons (Fsp3) is 0.333. The highest BCUT2D eigenvalue weighted by atomic mass is 16.5. The standard InChI is InChI=1S/C18H22N2O/c1-14(19-2)15-8-3-4-9-16(15)20-12-7-13-21-18-11-6-5-10-17(18)20/h3-6,8-11,14,19H,7,12-13H2,1-2H3. The van der Waals surface area contributed by atoms with Gasteiger partial charge in [0.15, 0.2) is 0 Å². The quantitative estimate of drug-likeness (QED) is 0.924. The van der Waals surface area contributed by atoms with Crippen LogP contribution in [-0.4, -0.2) is 20.2 Å². The van der Waals surface area contributed by atoms with E-state index in [2.05, 4.69) is 59.6 Å². The van der Waals surface area contributed by atoms with Gasteiger partial charge in [0.25, 0.3) is 0 Å². The van der Waals surface area contributed by atoms with E-state index in [1.807, 2.05) is 13.1 Å². The minimum atomic E-state index is 0.317. The molecule has 3 rings (SSSR count). The Labute approximate surface area is 126 Å². The monoisotopic (exact) mass is 282 g/mol. The smallest absolute Gasteiger partial charge is 0.142 e. The lowest BCUT2D eigenvalue weighted by Crippen LogP contribution is -2.22. The molecule has 1 atom stereocenters. The molecule has 1 heterocycles. The topological polar surface area (TPSA) is 24.5 Å². The van der Waals surface area contributed by atoms with Gasteiger partial charge in [-0.3, -0.25) is 0 Å². The summed E-state index contributed by atoms with van der Waals surface area (Å²) in [5.41, 5.74) is 3.74. The molecule has 0 radical (unpaired) electrons. The van der Waals surface area contributed by atoms with Crippen LogP contribution in [0.4, 0.5) is 11.4 Å². The number of ether oxygens (including phenoxy) is 1. The average Bonchev–Trinajstić information content (AvgIpc) is 2.76. The van der Waals surface area contributed by atoms with Crippen molar-refractivity contribution in [3.63, 3.8) is 0 Å². The number of nitrogens with zero attached hydrogens (tertiary/aromatic N) is 1. The van der Waals surface area contributed by atoms with Gasteiger partial charge in [-0.2, -0.15) is 0 Å². The van der Waals surface area contributed by atoms with Crippen molar-refractivity contribution in [2.24, 2.45) is 0 Å². The molecule has 110 valence electrons. The molecule has 3 nitrogen and oxygen atoms in total. The molecule has 0 saturated carbocycles. The Balaban J connectivity index is 2.08. The van der Waals surface area contributed by atoms with Gasteiger partial charge in [0.2, 0.25) is 0 Å². The number of hydrogen-bond donors (Lipinski definition) is 1. The van der Waals surface area contributed by atoms with Crippen LogP contribution < -0.4 is 15.0 Å². The van der Waals surface area contributed by atoms with Crippen LogP contribution >= 0.6 is 0 Å². The molecule has 0 saturated heterocycles. The molecule has 0 bridgehead atoms. The van der Waals surface area contributed by atoms with Gasteiger partial charge >= 0.3 is 0 Å². The Hall–Kier alpha value is -2.00.